The lowest BCUT2D eigenvalue weighted by Gasteiger charge is -2.12. The van der Waals surface area contributed by atoms with Crippen LogP contribution in [0, 0.1) is 0 Å². The molecule has 2 atom stereocenters. The summed E-state index contributed by atoms with van der Waals surface area (Å²) < 4.78 is 24.7. The summed E-state index contributed by atoms with van der Waals surface area (Å²) in [5, 5.41) is 13.5. The smallest absolute Gasteiger partial charge is 0.155 e. The summed E-state index contributed by atoms with van der Waals surface area (Å²) in [5.74, 6) is -0.211. The minimum Gasteiger partial charge on any atom is -0.390 e. The van der Waals surface area contributed by atoms with Gasteiger partial charge in [-0.25, -0.2) is 8.42 Å². The van der Waals surface area contributed by atoms with Gasteiger partial charge in [-0.05, 0) is 15.9 Å². The molecule has 0 amide bonds. The van der Waals surface area contributed by atoms with Crippen molar-refractivity contribution < 1.29 is 13.5 Å². The van der Waals surface area contributed by atoms with Crippen molar-refractivity contribution in [3.05, 3.63) is 16.9 Å². The van der Waals surface area contributed by atoms with Gasteiger partial charge in [0.2, 0.25) is 0 Å². The average molecular weight is 281 g/mol. The third-order valence-corrected chi connectivity index (χ3v) is 4.31. The zero-order valence-corrected chi connectivity index (χ0v) is 9.57. The quantitative estimate of drug-likeness (QED) is 0.785. The number of sulfone groups is 1. The van der Waals surface area contributed by atoms with E-state index < -0.39 is 22.0 Å². The number of nitrogens with zero attached hydrogens (tertiary/aromatic N) is 2. The molecule has 1 aromatic rings. The predicted octanol–water partition coefficient (Wildman–Crippen LogP) is -0.0240. The fraction of sp³-hybridized carbons (Fsp3) is 0.571. The van der Waals surface area contributed by atoms with Crippen LogP contribution < -0.4 is 0 Å². The van der Waals surface area contributed by atoms with Crippen LogP contribution in [0.3, 0.4) is 0 Å². The third kappa shape index (κ3) is 1.84. The zero-order chi connectivity index (χ0) is 10.3. The Labute approximate surface area is 89.8 Å². The lowest BCUT2D eigenvalue weighted by atomic mass is 10.2. The Balaban J connectivity index is 2.29. The van der Waals surface area contributed by atoms with Crippen LogP contribution in [0.1, 0.15) is 6.04 Å². The van der Waals surface area contributed by atoms with Crippen molar-refractivity contribution in [3.63, 3.8) is 0 Å². The van der Waals surface area contributed by atoms with E-state index in [9.17, 15) is 13.5 Å². The fourth-order valence-electron chi connectivity index (χ4n) is 1.56. The standard InChI is InChI=1S/C7H9BrN2O3S/c8-5-1-9-10(2-5)6-3-14(12,13)4-7(6)11/h1-2,6-7,11H,3-4H2. The van der Waals surface area contributed by atoms with Crippen LogP contribution >= 0.6 is 15.9 Å². The molecule has 1 aliphatic heterocycles. The number of hydrogen-bond donors (Lipinski definition) is 1. The summed E-state index contributed by atoms with van der Waals surface area (Å²) >= 11 is 3.21. The Morgan fingerprint density at radius 2 is 2.29 bits per heavy atom. The fourth-order valence-corrected chi connectivity index (χ4v) is 3.63. The van der Waals surface area contributed by atoms with Crippen LogP contribution in [0.25, 0.3) is 0 Å². The molecule has 14 heavy (non-hydrogen) atoms. The molecule has 5 nitrogen and oxygen atoms in total. The first-order chi connectivity index (χ1) is 6.48. The lowest BCUT2D eigenvalue weighted by molar-refractivity contribution is 0.146. The van der Waals surface area contributed by atoms with E-state index in [2.05, 4.69) is 21.0 Å². The molecule has 0 spiro atoms. The first-order valence-corrected chi connectivity index (χ1v) is 6.67. The highest BCUT2D eigenvalue weighted by molar-refractivity contribution is 9.10. The summed E-state index contributed by atoms with van der Waals surface area (Å²) in [7, 11) is -3.11. The normalized spacial score (nSPS) is 30.7. The van der Waals surface area contributed by atoms with Crippen molar-refractivity contribution in [1.82, 2.24) is 9.78 Å². The maximum Gasteiger partial charge on any atom is 0.155 e. The second-order valence-electron chi connectivity index (χ2n) is 3.35. The minimum absolute atomic E-state index is 0.0394. The Morgan fingerprint density at radius 3 is 2.71 bits per heavy atom. The monoisotopic (exact) mass is 280 g/mol. The molecule has 1 N–H and O–H groups in total. The maximum atomic E-state index is 11.2. The topological polar surface area (TPSA) is 72.2 Å². The van der Waals surface area contributed by atoms with Crippen LogP contribution in [-0.2, 0) is 9.84 Å². The zero-order valence-electron chi connectivity index (χ0n) is 7.17. The predicted molar refractivity (Wildman–Crippen MR) is 53.6 cm³/mol. The molecule has 0 saturated carbocycles. The summed E-state index contributed by atoms with van der Waals surface area (Å²) in [6, 6.07) is -0.453. The molecule has 1 aromatic heterocycles. The number of aliphatic hydroxyl groups excluding tert-OH is 1. The highest BCUT2D eigenvalue weighted by Gasteiger charge is 2.37. The van der Waals surface area contributed by atoms with E-state index in [1.54, 1.807) is 12.4 Å². The van der Waals surface area contributed by atoms with Gasteiger partial charge >= 0.3 is 0 Å². The molecule has 2 heterocycles. The Bertz CT molecular complexity index is 442. The summed E-state index contributed by atoms with van der Waals surface area (Å²) in [4.78, 5) is 0. The molecule has 0 radical (unpaired) electrons. The SMILES string of the molecule is O=S1(=O)CC(O)C(n2cc(Br)cn2)C1. The van der Waals surface area contributed by atoms with E-state index in [1.807, 2.05) is 0 Å². The van der Waals surface area contributed by atoms with E-state index in [0.29, 0.717) is 0 Å². The highest BCUT2D eigenvalue weighted by atomic mass is 79.9. The van der Waals surface area contributed by atoms with Gasteiger partial charge in [0.1, 0.15) is 0 Å². The van der Waals surface area contributed by atoms with Gasteiger partial charge in [0.15, 0.2) is 9.84 Å². The average Bonchev–Trinajstić information content (AvgIpc) is 2.55. The van der Waals surface area contributed by atoms with Gasteiger partial charge in [0.25, 0.3) is 0 Å². The second-order valence-corrected chi connectivity index (χ2v) is 6.42. The van der Waals surface area contributed by atoms with E-state index in [4.69, 9.17) is 0 Å². The maximum absolute atomic E-state index is 11.2. The number of hydrogen-bond acceptors (Lipinski definition) is 4. The van der Waals surface area contributed by atoms with E-state index in [1.165, 1.54) is 4.68 Å². The molecule has 7 heteroatoms. The summed E-state index contributed by atoms with van der Waals surface area (Å²) in [6.45, 7) is 0. The molecule has 1 saturated heterocycles. The lowest BCUT2D eigenvalue weighted by Crippen LogP contribution is -2.22. The van der Waals surface area contributed by atoms with Gasteiger partial charge in [0, 0.05) is 6.20 Å². The molecular weight excluding hydrogens is 272 g/mol. The molecule has 0 aromatic carbocycles. The first-order valence-electron chi connectivity index (χ1n) is 4.06. The second kappa shape index (κ2) is 3.32. The molecule has 1 aliphatic rings. The molecule has 0 aliphatic carbocycles. The van der Waals surface area contributed by atoms with Crippen molar-refractivity contribution >= 4 is 25.8 Å². The molecule has 0 bridgehead atoms. The van der Waals surface area contributed by atoms with Crippen molar-refractivity contribution in [2.24, 2.45) is 0 Å². The molecular formula is C7H9BrN2O3S. The van der Waals surface area contributed by atoms with E-state index in [0.717, 1.165) is 4.47 Å². The van der Waals surface area contributed by atoms with Gasteiger partial charge in [-0.1, -0.05) is 0 Å². The van der Waals surface area contributed by atoms with Gasteiger partial charge in [0.05, 0.1) is 34.3 Å². The molecule has 78 valence electrons. The Hall–Kier alpha value is -0.400. The first kappa shape index (κ1) is 10.1. The van der Waals surface area contributed by atoms with Gasteiger partial charge < -0.3 is 5.11 Å². The van der Waals surface area contributed by atoms with Crippen molar-refractivity contribution in [3.8, 4) is 0 Å². The highest BCUT2D eigenvalue weighted by Crippen LogP contribution is 2.24. The summed E-state index contributed by atoms with van der Waals surface area (Å²) in [5.41, 5.74) is 0. The van der Waals surface area contributed by atoms with Crippen LogP contribution in [0.5, 0.6) is 0 Å². The number of aromatic nitrogens is 2. The van der Waals surface area contributed by atoms with Crippen molar-refractivity contribution in [1.29, 1.82) is 0 Å². The Morgan fingerprint density at radius 1 is 1.57 bits per heavy atom. The van der Waals surface area contributed by atoms with E-state index in [-0.39, 0.29) is 11.5 Å². The van der Waals surface area contributed by atoms with Gasteiger partial charge in [-0.2, -0.15) is 5.10 Å². The largest absolute Gasteiger partial charge is 0.390 e. The summed E-state index contributed by atoms with van der Waals surface area (Å²) in [6.07, 6.45) is 2.37. The molecule has 2 rings (SSSR count). The third-order valence-electron chi connectivity index (χ3n) is 2.20. The van der Waals surface area contributed by atoms with Gasteiger partial charge in [-0.3, -0.25) is 4.68 Å². The number of rotatable bonds is 1. The van der Waals surface area contributed by atoms with Crippen molar-refractivity contribution in [2.75, 3.05) is 11.5 Å². The van der Waals surface area contributed by atoms with Crippen LogP contribution in [-0.4, -0.2) is 40.9 Å². The number of halogens is 1. The van der Waals surface area contributed by atoms with Crippen LogP contribution in [0.4, 0.5) is 0 Å². The molecule has 1 fully saturated rings. The number of aliphatic hydroxyl groups is 1. The van der Waals surface area contributed by atoms with Crippen LogP contribution in [0.15, 0.2) is 16.9 Å². The van der Waals surface area contributed by atoms with Crippen molar-refractivity contribution in [2.45, 2.75) is 12.1 Å². The Kier molecular flexibility index (Phi) is 2.40. The molecule has 2 unspecified atom stereocenters. The van der Waals surface area contributed by atoms with Gasteiger partial charge in [-0.15, -0.1) is 0 Å². The van der Waals surface area contributed by atoms with E-state index >= 15 is 0 Å². The van der Waals surface area contributed by atoms with Crippen LogP contribution in [0.2, 0.25) is 0 Å². The minimum atomic E-state index is -3.11.